The maximum Gasteiger partial charge on any atom is 0.406 e. The molecule has 0 aromatic carbocycles. The Morgan fingerprint density at radius 2 is 2.23 bits per heavy atom. The summed E-state index contributed by atoms with van der Waals surface area (Å²) in [5.74, 6) is -1.24. The molecule has 0 aliphatic carbocycles. The van der Waals surface area contributed by atoms with Crippen LogP contribution in [-0.4, -0.2) is 47.0 Å². The van der Waals surface area contributed by atoms with Crippen molar-refractivity contribution in [3.8, 4) is 0 Å². The van der Waals surface area contributed by atoms with E-state index in [0.29, 0.717) is 9.37 Å². The van der Waals surface area contributed by atoms with Crippen molar-refractivity contribution >= 4 is 39.3 Å². The molecule has 120 valence electrons. The Kier molecular flexibility index (Phi) is 4.96. The van der Waals surface area contributed by atoms with Gasteiger partial charge in [0.05, 0.1) is 11.6 Å². The number of halogens is 5. The Bertz CT molecular complexity index is 612. The van der Waals surface area contributed by atoms with Crippen molar-refractivity contribution in [1.82, 2.24) is 15.2 Å². The molecule has 1 fully saturated rings. The number of pyridine rings is 1. The fourth-order valence-electron chi connectivity index (χ4n) is 2.08. The van der Waals surface area contributed by atoms with Crippen molar-refractivity contribution in [3.05, 3.63) is 27.5 Å². The topological polar surface area (TPSA) is 62.3 Å². The van der Waals surface area contributed by atoms with E-state index in [0.717, 1.165) is 0 Å². The molecular weight excluding hydrogens is 391 g/mol. The van der Waals surface area contributed by atoms with E-state index in [9.17, 15) is 22.8 Å². The van der Waals surface area contributed by atoms with Crippen molar-refractivity contribution in [2.45, 2.75) is 18.6 Å². The maximum absolute atomic E-state index is 12.3. The second-order valence-corrected chi connectivity index (χ2v) is 6.03. The second-order valence-electron chi connectivity index (χ2n) is 4.76. The molecule has 0 radical (unpaired) electrons. The highest BCUT2D eigenvalue weighted by Gasteiger charge is 2.38. The number of hydrogen-bond acceptors (Lipinski definition) is 3. The predicted octanol–water partition coefficient (Wildman–Crippen LogP) is 2.39. The molecule has 0 unspecified atom stereocenters. The van der Waals surface area contributed by atoms with Gasteiger partial charge < -0.3 is 10.2 Å². The molecule has 1 aromatic heterocycles. The first kappa shape index (κ1) is 17.0. The second kappa shape index (κ2) is 6.41. The standard InChI is InChI=1S/C12H10BrClF3N3O2/c13-6-1-8(10(14)18-3-6)11(22)19-7-2-9(21)20(4-7)5-12(15,16)17/h1,3,7H,2,4-5H2,(H,19,22)/t7-/m0/s1. The lowest BCUT2D eigenvalue weighted by Gasteiger charge is -2.18. The summed E-state index contributed by atoms with van der Waals surface area (Å²) in [7, 11) is 0. The van der Waals surface area contributed by atoms with Crippen molar-refractivity contribution < 1.29 is 22.8 Å². The number of amides is 2. The number of alkyl halides is 3. The molecule has 1 atom stereocenters. The van der Waals surface area contributed by atoms with Gasteiger partial charge >= 0.3 is 6.18 Å². The lowest BCUT2D eigenvalue weighted by molar-refractivity contribution is -0.157. The van der Waals surface area contributed by atoms with Crippen molar-refractivity contribution in [2.75, 3.05) is 13.1 Å². The summed E-state index contributed by atoms with van der Waals surface area (Å²) in [6.07, 6.45) is -3.24. The lowest BCUT2D eigenvalue weighted by Crippen LogP contribution is -2.39. The predicted molar refractivity (Wildman–Crippen MR) is 75.5 cm³/mol. The molecule has 22 heavy (non-hydrogen) atoms. The molecule has 1 aromatic rings. The minimum absolute atomic E-state index is 0.0304. The van der Waals surface area contributed by atoms with Crippen LogP contribution in [0.15, 0.2) is 16.7 Å². The van der Waals surface area contributed by atoms with Gasteiger partial charge in [-0.1, -0.05) is 11.6 Å². The first-order valence-corrected chi connectivity index (χ1v) is 7.29. The van der Waals surface area contributed by atoms with E-state index in [-0.39, 0.29) is 23.7 Å². The average Bonchev–Trinajstić information content (AvgIpc) is 2.70. The average molecular weight is 401 g/mol. The number of hydrogen-bond donors (Lipinski definition) is 1. The van der Waals surface area contributed by atoms with E-state index in [4.69, 9.17) is 11.6 Å². The summed E-state index contributed by atoms with van der Waals surface area (Å²) in [6, 6.07) is 0.743. The van der Waals surface area contributed by atoms with Gasteiger partial charge in [-0.25, -0.2) is 4.98 Å². The molecule has 2 rings (SSSR count). The quantitative estimate of drug-likeness (QED) is 0.793. The van der Waals surface area contributed by atoms with Gasteiger partial charge in [-0.15, -0.1) is 0 Å². The summed E-state index contributed by atoms with van der Waals surface area (Å²) in [4.78, 5) is 28.1. The smallest absolute Gasteiger partial charge is 0.347 e. The monoisotopic (exact) mass is 399 g/mol. The van der Waals surface area contributed by atoms with E-state index in [1.54, 1.807) is 0 Å². The summed E-state index contributed by atoms with van der Waals surface area (Å²) < 4.78 is 37.5. The van der Waals surface area contributed by atoms with Crippen LogP contribution >= 0.6 is 27.5 Å². The fourth-order valence-corrected chi connectivity index (χ4v) is 2.60. The molecule has 0 spiro atoms. The highest BCUT2D eigenvalue weighted by atomic mass is 79.9. The van der Waals surface area contributed by atoms with Crippen LogP contribution in [0.2, 0.25) is 5.15 Å². The Morgan fingerprint density at radius 1 is 1.55 bits per heavy atom. The Hall–Kier alpha value is -1.35. The summed E-state index contributed by atoms with van der Waals surface area (Å²) in [5, 5.41) is 2.46. The van der Waals surface area contributed by atoms with Crippen LogP contribution in [0.1, 0.15) is 16.8 Å². The highest BCUT2D eigenvalue weighted by molar-refractivity contribution is 9.10. The van der Waals surface area contributed by atoms with E-state index in [2.05, 4.69) is 26.2 Å². The molecule has 0 saturated carbocycles. The van der Waals surface area contributed by atoms with Gasteiger partial charge in [0.2, 0.25) is 5.91 Å². The third-order valence-corrected chi connectivity index (χ3v) is 3.71. The third kappa shape index (κ3) is 4.33. The number of aromatic nitrogens is 1. The minimum atomic E-state index is -4.47. The minimum Gasteiger partial charge on any atom is -0.347 e. The van der Waals surface area contributed by atoms with Crippen LogP contribution < -0.4 is 5.32 Å². The molecule has 1 saturated heterocycles. The number of nitrogens with zero attached hydrogens (tertiary/aromatic N) is 2. The SMILES string of the molecule is O=C(N[C@H]1CC(=O)N(CC(F)(F)F)C1)c1cc(Br)cnc1Cl. The van der Waals surface area contributed by atoms with Crippen LogP contribution in [0.5, 0.6) is 0 Å². The third-order valence-electron chi connectivity index (χ3n) is 2.97. The number of likely N-dealkylation sites (tertiary alicyclic amines) is 1. The molecule has 0 bridgehead atoms. The first-order valence-electron chi connectivity index (χ1n) is 6.12. The Morgan fingerprint density at radius 3 is 2.86 bits per heavy atom. The molecule has 10 heteroatoms. The van der Waals surface area contributed by atoms with Gasteiger partial charge in [0.15, 0.2) is 0 Å². The molecule has 5 nitrogen and oxygen atoms in total. The number of carbonyl (C=O) groups is 2. The van der Waals surface area contributed by atoms with Crippen molar-refractivity contribution in [2.24, 2.45) is 0 Å². The highest BCUT2D eigenvalue weighted by Crippen LogP contribution is 2.22. The van der Waals surface area contributed by atoms with Gasteiger partial charge in [0, 0.05) is 23.6 Å². The van der Waals surface area contributed by atoms with Gasteiger partial charge in [-0.2, -0.15) is 13.2 Å². The lowest BCUT2D eigenvalue weighted by atomic mass is 10.2. The van der Waals surface area contributed by atoms with Crippen molar-refractivity contribution in [3.63, 3.8) is 0 Å². The summed E-state index contributed by atoms with van der Waals surface area (Å²) in [6.45, 7) is -1.51. The van der Waals surface area contributed by atoms with Gasteiger partial charge in [0.25, 0.3) is 5.91 Å². The normalized spacial score (nSPS) is 18.7. The van der Waals surface area contributed by atoms with E-state index in [1.807, 2.05) is 0 Å². The van der Waals surface area contributed by atoms with Crippen LogP contribution in [0, 0.1) is 0 Å². The first-order chi connectivity index (χ1) is 10.2. The molecule has 2 amide bonds. The fraction of sp³-hybridized carbons (Fsp3) is 0.417. The zero-order valence-electron chi connectivity index (χ0n) is 11.0. The number of rotatable bonds is 3. The zero-order valence-corrected chi connectivity index (χ0v) is 13.3. The Labute approximate surface area is 136 Å². The van der Waals surface area contributed by atoms with E-state index in [1.165, 1.54) is 12.3 Å². The van der Waals surface area contributed by atoms with E-state index < -0.39 is 30.6 Å². The van der Waals surface area contributed by atoms with Gasteiger partial charge in [-0.05, 0) is 22.0 Å². The zero-order chi connectivity index (χ0) is 16.5. The van der Waals surface area contributed by atoms with Crippen molar-refractivity contribution in [1.29, 1.82) is 0 Å². The van der Waals surface area contributed by atoms with Crippen LogP contribution in [0.25, 0.3) is 0 Å². The Balaban J connectivity index is 2.01. The largest absolute Gasteiger partial charge is 0.406 e. The van der Waals surface area contributed by atoms with Gasteiger partial charge in [-0.3, -0.25) is 9.59 Å². The molecule has 1 aliphatic heterocycles. The van der Waals surface area contributed by atoms with Crippen LogP contribution in [0.4, 0.5) is 13.2 Å². The summed E-state index contributed by atoms with van der Waals surface area (Å²) >= 11 is 8.94. The molecule has 1 N–H and O–H groups in total. The van der Waals surface area contributed by atoms with Gasteiger partial charge in [0.1, 0.15) is 11.7 Å². The number of carbonyl (C=O) groups excluding carboxylic acids is 2. The van der Waals surface area contributed by atoms with Crippen LogP contribution in [0.3, 0.4) is 0 Å². The molecule has 1 aliphatic rings. The number of nitrogens with one attached hydrogen (secondary N) is 1. The summed E-state index contributed by atoms with van der Waals surface area (Å²) in [5.41, 5.74) is 0.0813. The maximum atomic E-state index is 12.3. The molecular formula is C12H10BrClF3N3O2. The van der Waals surface area contributed by atoms with Crippen LogP contribution in [-0.2, 0) is 4.79 Å². The molecule has 2 heterocycles. The van der Waals surface area contributed by atoms with E-state index >= 15 is 0 Å².